The number of nitrogens with two attached hydrogens (primary N) is 1. The summed E-state index contributed by atoms with van der Waals surface area (Å²) < 4.78 is 18.5. The molecule has 1 unspecified atom stereocenters. The van der Waals surface area contributed by atoms with Crippen LogP contribution in [0, 0.1) is 5.82 Å². The Balaban J connectivity index is 2.40. The Bertz CT molecular complexity index is 395. The van der Waals surface area contributed by atoms with Gasteiger partial charge in [0.1, 0.15) is 11.6 Å². The molecule has 0 amide bonds. The molecule has 1 aliphatic rings. The summed E-state index contributed by atoms with van der Waals surface area (Å²) in [6.45, 7) is 4.85. The molecule has 0 radical (unpaired) electrons. The lowest BCUT2D eigenvalue weighted by Gasteiger charge is -2.36. The highest BCUT2D eigenvalue weighted by atomic mass is 32.2. The minimum absolute atomic E-state index is 0.0592. The van der Waals surface area contributed by atoms with Gasteiger partial charge in [0.05, 0.1) is 6.61 Å². The van der Waals surface area contributed by atoms with Crippen molar-refractivity contribution in [2.75, 3.05) is 6.61 Å². The van der Waals surface area contributed by atoms with E-state index in [0.29, 0.717) is 18.3 Å². The Hall–Kier alpha value is -0.740. The van der Waals surface area contributed by atoms with Crippen molar-refractivity contribution in [2.24, 2.45) is 5.14 Å². The maximum absolute atomic E-state index is 13.1. The van der Waals surface area contributed by atoms with Crippen molar-refractivity contribution in [3.05, 3.63) is 29.6 Å². The van der Waals surface area contributed by atoms with Crippen LogP contribution in [0.2, 0.25) is 0 Å². The summed E-state index contributed by atoms with van der Waals surface area (Å²) in [5.41, 5.74) is 1.07. The Kier molecular flexibility index (Phi) is 3.13. The highest BCUT2D eigenvalue weighted by molar-refractivity contribution is 7.98. The zero-order valence-corrected chi connectivity index (χ0v) is 10.3. The standard InChI is InChI=1S/C12H16FNOS/c1-12(2,16-14)10-5-6-15-11-7-8(13)3-4-9(10)11/h3-4,7,10H,5-6,14H2,1-2H3. The smallest absolute Gasteiger partial charge is 0.126 e. The van der Waals surface area contributed by atoms with Crippen molar-refractivity contribution in [3.63, 3.8) is 0 Å². The third-order valence-corrected chi connectivity index (χ3v) is 4.05. The molecule has 0 aliphatic carbocycles. The molecule has 88 valence electrons. The van der Waals surface area contributed by atoms with Crippen molar-refractivity contribution in [3.8, 4) is 5.75 Å². The van der Waals surface area contributed by atoms with Crippen LogP contribution in [-0.2, 0) is 0 Å². The van der Waals surface area contributed by atoms with E-state index in [2.05, 4.69) is 13.8 Å². The molecule has 1 heterocycles. The van der Waals surface area contributed by atoms with Crippen LogP contribution in [0.5, 0.6) is 5.75 Å². The maximum Gasteiger partial charge on any atom is 0.126 e. The van der Waals surface area contributed by atoms with Crippen LogP contribution in [-0.4, -0.2) is 11.4 Å². The van der Waals surface area contributed by atoms with Crippen LogP contribution in [0.3, 0.4) is 0 Å². The summed E-state index contributed by atoms with van der Waals surface area (Å²) in [5.74, 6) is 0.725. The molecule has 1 aromatic rings. The van der Waals surface area contributed by atoms with Gasteiger partial charge in [-0.2, -0.15) is 0 Å². The Morgan fingerprint density at radius 3 is 2.94 bits per heavy atom. The minimum Gasteiger partial charge on any atom is -0.493 e. The summed E-state index contributed by atoms with van der Waals surface area (Å²) in [6, 6.07) is 4.75. The predicted octanol–water partition coefficient (Wildman–Crippen LogP) is 3.08. The normalized spacial score (nSPS) is 20.1. The van der Waals surface area contributed by atoms with E-state index in [0.717, 1.165) is 12.0 Å². The lowest BCUT2D eigenvalue weighted by Crippen LogP contribution is -2.31. The lowest BCUT2D eigenvalue weighted by atomic mass is 9.83. The second kappa shape index (κ2) is 4.26. The van der Waals surface area contributed by atoms with Crippen molar-refractivity contribution in [1.82, 2.24) is 0 Å². The van der Waals surface area contributed by atoms with E-state index in [1.165, 1.54) is 24.1 Å². The number of hydrogen-bond acceptors (Lipinski definition) is 3. The number of fused-ring (bicyclic) bond motifs is 1. The average Bonchev–Trinajstić information content (AvgIpc) is 2.27. The first-order valence-electron chi connectivity index (χ1n) is 5.35. The molecule has 0 fully saturated rings. The van der Waals surface area contributed by atoms with Crippen LogP contribution in [0.4, 0.5) is 4.39 Å². The van der Waals surface area contributed by atoms with Crippen molar-refractivity contribution in [1.29, 1.82) is 0 Å². The summed E-state index contributed by atoms with van der Waals surface area (Å²) in [5, 5.41) is 5.73. The van der Waals surface area contributed by atoms with Crippen LogP contribution in [0.25, 0.3) is 0 Å². The fourth-order valence-electron chi connectivity index (χ4n) is 2.17. The molecular weight excluding hydrogens is 225 g/mol. The zero-order chi connectivity index (χ0) is 11.8. The Morgan fingerprint density at radius 1 is 1.50 bits per heavy atom. The topological polar surface area (TPSA) is 35.2 Å². The molecular formula is C12H16FNOS. The van der Waals surface area contributed by atoms with Gasteiger partial charge in [-0.15, -0.1) is 0 Å². The molecule has 0 saturated carbocycles. The minimum atomic E-state index is -0.252. The molecule has 1 aromatic carbocycles. The molecule has 0 bridgehead atoms. The van der Waals surface area contributed by atoms with E-state index in [9.17, 15) is 4.39 Å². The first kappa shape index (κ1) is 11.7. The largest absolute Gasteiger partial charge is 0.493 e. The van der Waals surface area contributed by atoms with Crippen molar-refractivity contribution in [2.45, 2.75) is 30.9 Å². The van der Waals surface area contributed by atoms with Gasteiger partial charge in [0.2, 0.25) is 0 Å². The average molecular weight is 241 g/mol. The summed E-state index contributed by atoms with van der Waals surface area (Å²) in [4.78, 5) is 0. The van der Waals surface area contributed by atoms with Gasteiger partial charge in [0, 0.05) is 16.7 Å². The molecule has 0 aromatic heterocycles. The summed E-state index contributed by atoms with van der Waals surface area (Å²) in [6.07, 6.45) is 0.926. The van der Waals surface area contributed by atoms with Crippen molar-refractivity contribution < 1.29 is 9.13 Å². The van der Waals surface area contributed by atoms with E-state index < -0.39 is 0 Å². The second-order valence-electron chi connectivity index (χ2n) is 4.59. The Morgan fingerprint density at radius 2 is 2.25 bits per heavy atom. The zero-order valence-electron chi connectivity index (χ0n) is 9.50. The maximum atomic E-state index is 13.1. The molecule has 16 heavy (non-hydrogen) atoms. The van der Waals surface area contributed by atoms with E-state index in [-0.39, 0.29) is 10.6 Å². The molecule has 1 aliphatic heterocycles. The second-order valence-corrected chi connectivity index (χ2v) is 5.88. The molecule has 0 saturated heterocycles. The highest BCUT2D eigenvalue weighted by Gasteiger charge is 2.34. The van der Waals surface area contributed by atoms with Gasteiger partial charge in [-0.3, -0.25) is 5.14 Å². The van der Waals surface area contributed by atoms with Crippen LogP contribution in [0.15, 0.2) is 18.2 Å². The van der Waals surface area contributed by atoms with Crippen LogP contribution < -0.4 is 9.88 Å². The summed E-state index contributed by atoms with van der Waals surface area (Å²) in [7, 11) is 0. The SMILES string of the molecule is CC(C)(SN)C1CCOc2cc(F)ccc21. The monoisotopic (exact) mass is 241 g/mol. The van der Waals surface area contributed by atoms with Gasteiger partial charge >= 0.3 is 0 Å². The van der Waals surface area contributed by atoms with Gasteiger partial charge in [-0.05, 0) is 31.9 Å². The third kappa shape index (κ3) is 2.04. The summed E-state index contributed by atoms with van der Waals surface area (Å²) >= 11 is 1.35. The molecule has 0 spiro atoms. The number of benzene rings is 1. The van der Waals surface area contributed by atoms with E-state index in [1.54, 1.807) is 0 Å². The molecule has 2 N–H and O–H groups in total. The fraction of sp³-hybridized carbons (Fsp3) is 0.500. The number of ether oxygens (including phenoxy) is 1. The highest BCUT2D eigenvalue weighted by Crippen LogP contribution is 2.44. The molecule has 2 rings (SSSR count). The predicted molar refractivity (Wildman–Crippen MR) is 65.1 cm³/mol. The van der Waals surface area contributed by atoms with Crippen LogP contribution >= 0.6 is 11.9 Å². The number of rotatable bonds is 2. The molecule has 2 nitrogen and oxygen atoms in total. The number of halogens is 1. The van der Waals surface area contributed by atoms with Gasteiger partial charge in [0.25, 0.3) is 0 Å². The first-order chi connectivity index (χ1) is 7.54. The number of hydrogen-bond donors (Lipinski definition) is 1. The van der Waals surface area contributed by atoms with E-state index >= 15 is 0 Å². The van der Waals surface area contributed by atoms with E-state index in [1.807, 2.05) is 6.07 Å². The quantitative estimate of drug-likeness (QED) is 0.808. The van der Waals surface area contributed by atoms with Gasteiger partial charge in [-0.1, -0.05) is 18.0 Å². The van der Waals surface area contributed by atoms with E-state index in [4.69, 9.17) is 9.88 Å². The fourth-order valence-corrected chi connectivity index (χ4v) is 2.58. The molecule has 4 heteroatoms. The van der Waals surface area contributed by atoms with Crippen LogP contribution in [0.1, 0.15) is 31.7 Å². The Labute approximate surface area is 99.5 Å². The molecule has 1 atom stereocenters. The van der Waals surface area contributed by atoms with Gasteiger partial charge < -0.3 is 4.74 Å². The first-order valence-corrected chi connectivity index (χ1v) is 6.22. The lowest BCUT2D eigenvalue weighted by molar-refractivity contribution is 0.253. The van der Waals surface area contributed by atoms with Gasteiger partial charge in [-0.25, -0.2) is 4.39 Å². The van der Waals surface area contributed by atoms with Gasteiger partial charge in [0.15, 0.2) is 0 Å². The third-order valence-electron chi connectivity index (χ3n) is 3.16. The van der Waals surface area contributed by atoms with Crippen molar-refractivity contribution >= 4 is 11.9 Å².